The van der Waals surface area contributed by atoms with E-state index in [-0.39, 0.29) is 0 Å². The van der Waals surface area contributed by atoms with Crippen LogP contribution in [-0.2, 0) is 16.4 Å². The maximum atomic E-state index is 12.3. The lowest BCUT2D eigenvalue weighted by molar-refractivity contribution is 0.600. The van der Waals surface area contributed by atoms with Gasteiger partial charge in [0, 0.05) is 11.1 Å². The molecule has 0 amide bonds. The van der Waals surface area contributed by atoms with Crippen LogP contribution < -0.4 is 4.72 Å². The minimum absolute atomic E-state index is 0.296. The first kappa shape index (κ1) is 13.5. The molecular weight excluding hydrogens is 292 g/mol. The van der Waals surface area contributed by atoms with E-state index in [0.29, 0.717) is 10.7 Å². The summed E-state index contributed by atoms with van der Waals surface area (Å²) in [4.78, 5) is 5.47. The fourth-order valence-corrected chi connectivity index (χ4v) is 4.20. The van der Waals surface area contributed by atoms with Gasteiger partial charge in [0.1, 0.15) is 5.82 Å². The van der Waals surface area contributed by atoms with Gasteiger partial charge in [0.15, 0.2) is 0 Å². The van der Waals surface area contributed by atoms with Gasteiger partial charge in [-0.05, 0) is 54.5 Å². The summed E-state index contributed by atoms with van der Waals surface area (Å²) in [6.07, 6.45) is 3.59. The Balaban J connectivity index is 1.91. The van der Waals surface area contributed by atoms with Crippen molar-refractivity contribution in [2.45, 2.75) is 22.6 Å². The number of fused-ring (bicyclic) bond motifs is 1. The molecule has 0 saturated heterocycles. The molecule has 1 aromatic carbocycles. The van der Waals surface area contributed by atoms with Gasteiger partial charge in [-0.1, -0.05) is 6.07 Å². The molecule has 1 aliphatic heterocycles. The van der Waals surface area contributed by atoms with E-state index in [9.17, 15) is 8.42 Å². The van der Waals surface area contributed by atoms with Gasteiger partial charge in [-0.15, -0.1) is 11.8 Å². The van der Waals surface area contributed by atoms with E-state index in [0.717, 1.165) is 24.2 Å². The van der Waals surface area contributed by atoms with Crippen LogP contribution in [0.1, 0.15) is 12.0 Å². The van der Waals surface area contributed by atoms with E-state index >= 15 is 0 Å². The molecule has 3 rings (SSSR count). The molecule has 0 atom stereocenters. The summed E-state index contributed by atoms with van der Waals surface area (Å²) in [5.74, 6) is 1.44. The van der Waals surface area contributed by atoms with Crippen LogP contribution in [0.2, 0.25) is 0 Å². The predicted octanol–water partition coefficient (Wildman–Crippen LogP) is 2.92. The van der Waals surface area contributed by atoms with Gasteiger partial charge >= 0.3 is 0 Å². The van der Waals surface area contributed by atoms with Crippen LogP contribution in [0.15, 0.2) is 52.4 Å². The molecule has 0 unspecified atom stereocenters. The van der Waals surface area contributed by atoms with Gasteiger partial charge in [0.25, 0.3) is 10.0 Å². The lowest BCUT2D eigenvalue weighted by Crippen LogP contribution is -2.14. The Kier molecular flexibility index (Phi) is 3.67. The average Bonchev–Trinajstić information content (AvgIpc) is 2.47. The summed E-state index contributed by atoms with van der Waals surface area (Å²) in [5.41, 5.74) is 1.12. The number of thioether (sulfide) groups is 1. The van der Waals surface area contributed by atoms with Crippen molar-refractivity contribution >= 4 is 27.6 Å². The van der Waals surface area contributed by atoms with E-state index in [1.165, 1.54) is 4.90 Å². The third-order valence-electron chi connectivity index (χ3n) is 3.09. The normalized spacial score (nSPS) is 14.6. The van der Waals surface area contributed by atoms with Crippen molar-refractivity contribution in [3.05, 3.63) is 48.2 Å². The molecule has 1 N–H and O–H groups in total. The molecule has 6 heteroatoms. The number of anilines is 1. The highest BCUT2D eigenvalue weighted by atomic mass is 32.2. The predicted molar refractivity (Wildman–Crippen MR) is 80.5 cm³/mol. The van der Waals surface area contributed by atoms with Crippen molar-refractivity contribution in [1.82, 2.24) is 4.98 Å². The minimum Gasteiger partial charge on any atom is -0.263 e. The van der Waals surface area contributed by atoms with Gasteiger partial charge < -0.3 is 0 Å². The summed E-state index contributed by atoms with van der Waals surface area (Å²) in [7, 11) is -3.57. The second-order valence-corrected chi connectivity index (χ2v) is 7.36. The van der Waals surface area contributed by atoms with Crippen molar-refractivity contribution in [3.8, 4) is 0 Å². The molecule has 2 heterocycles. The monoisotopic (exact) mass is 306 g/mol. The standard InChI is InChI=1S/C14H14N2O2S2/c17-20(18,16-14-5-1-2-8-15-14)12-6-7-13-11(10-12)4-3-9-19-13/h1-2,5-8,10H,3-4,9H2,(H,15,16). The highest BCUT2D eigenvalue weighted by Gasteiger charge is 2.18. The van der Waals surface area contributed by atoms with Crippen LogP contribution >= 0.6 is 11.8 Å². The summed E-state index contributed by atoms with van der Waals surface area (Å²) in [6, 6.07) is 10.4. The van der Waals surface area contributed by atoms with E-state index < -0.39 is 10.0 Å². The molecule has 1 aliphatic rings. The number of aromatic nitrogens is 1. The van der Waals surface area contributed by atoms with Crippen molar-refractivity contribution in [3.63, 3.8) is 0 Å². The molecule has 0 radical (unpaired) electrons. The molecule has 1 aromatic heterocycles. The first-order valence-corrected chi connectivity index (χ1v) is 8.82. The number of rotatable bonds is 3. The fraction of sp³-hybridized carbons (Fsp3) is 0.214. The van der Waals surface area contributed by atoms with E-state index in [2.05, 4.69) is 9.71 Å². The average molecular weight is 306 g/mol. The largest absolute Gasteiger partial charge is 0.263 e. The first-order valence-electron chi connectivity index (χ1n) is 6.35. The smallest absolute Gasteiger partial charge is 0.263 e. The van der Waals surface area contributed by atoms with Crippen molar-refractivity contribution in [2.24, 2.45) is 0 Å². The lowest BCUT2D eigenvalue weighted by atomic mass is 10.1. The molecule has 104 valence electrons. The molecule has 2 aromatic rings. The van der Waals surface area contributed by atoms with Crippen LogP contribution in [0.4, 0.5) is 5.82 Å². The zero-order valence-corrected chi connectivity index (χ0v) is 12.4. The molecule has 0 saturated carbocycles. The first-order chi connectivity index (χ1) is 9.65. The van der Waals surface area contributed by atoms with Gasteiger partial charge in [0.2, 0.25) is 0 Å². The van der Waals surface area contributed by atoms with E-state index in [1.54, 1.807) is 48.3 Å². The third kappa shape index (κ3) is 2.81. The fourth-order valence-electron chi connectivity index (χ4n) is 2.12. The summed E-state index contributed by atoms with van der Waals surface area (Å²) >= 11 is 1.78. The number of nitrogens with one attached hydrogen (secondary N) is 1. The summed E-state index contributed by atoms with van der Waals surface area (Å²) in [6.45, 7) is 0. The van der Waals surface area contributed by atoms with Crippen LogP contribution in [0.25, 0.3) is 0 Å². The number of hydrogen-bond donors (Lipinski definition) is 1. The lowest BCUT2D eigenvalue weighted by Gasteiger charge is -2.16. The number of hydrogen-bond acceptors (Lipinski definition) is 4. The molecule has 20 heavy (non-hydrogen) atoms. The van der Waals surface area contributed by atoms with Crippen LogP contribution in [0.3, 0.4) is 0 Å². The van der Waals surface area contributed by atoms with Crippen LogP contribution in [0, 0.1) is 0 Å². The van der Waals surface area contributed by atoms with E-state index in [1.807, 2.05) is 6.07 Å². The zero-order valence-electron chi connectivity index (χ0n) is 10.7. The third-order valence-corrected chi connectivity index (χ3v) is 5.65. The Hall–Kier alpha value is -1.53. The maximum Gasteiger partial charge on any atom is 0.263 e. The molecule has 4 nitrogen and oxygen atoms in total. The molecule has 0 aliphatic carbocycles. The van der Waals surface area contributed by atoms with Gasteiger partial charge in [-0.3, -0.25) is 4.72 Å². The Bertz CT molecular complexity index is 715. The Morgan fingerprint density at radius 3 is 2.90 bits per heavy atom. The SMILES string of the molecule is O=S(=O)(Nc1ccccn1)c1ccc2c(c1)CCCS2. The van der Waals surface area contributed by atoms with E-state index in [4.69, 9.17) is 0 Å². The Labute approximate surface area is 122 Å². The quantitative estimate of drug-likeness (QED) is 0.947. The topological polar surface area (TPSA) is 59.1 Å². The second-order valence-electron chi connectivity index (χ2n) is 4.54. The number of pyridine rings is 1. The maximum absolute atomic E-state index is 12.3. The zero-order chi connectivity index (χ0) is 14.0. The van der Waals surface area contributed by atoms with Crippen molar-refractivity contribution in [1.29, 1.82) is 0 Å². The Morgan fingerprint density at radius 2 is 2.10 bits per heavy atom. The number of nitrogens with zero attached hydrogens (tertiary/aromatic N) is 1. The number of benzene rings is 1. The number of sulfonamides is 1. The second kappa shape index (κ2) is 5.46. The summed E-state index contributed by atoms with van der Waals surface area (Å²) in [5, 5.41) is 0. The molecular formula is C14H14N2O2S2. The van der Waals surface area contributed by atoms with Gasteiger partial charge in [-0.25, -0.2) is 13.4 Å². The van der Waals surface area contributed by atoms with Crippen LogP contribution in [0.5, 0.6) is 0 Å². The van der Waals surface area contributed by atoms with Crippen molar-refractivity contribution < 1.29 is 8.42 Å². The highest BCUT2D eigenvalue weighted by Crippen LogP contribution is 2.31. The van der Waals surface area contributed by atoms with Gasteiger partial charge in [0.05, 0.1) is 4.90 Å². The van der Waals surface area contributed by atoms with Crippen molar-refractivity contribution in [2.75, 3.05) is 10.5 Å². The van der Waals surface area contributed by atoms with Crippen LogP contribution in [-0.4, -0.2) is 19.2 Å². The number of aryl methyl sites for hydroxylation is 1. The van der Waals surface area contributed by atoms with Gasteiger partial charge in [-0.2, -0.15) is 0 Å². The summed E-state index contributed by atoms with van der Waals surface area (Å²) < 4.78 is 27.2. The minimum atomic E-state index is -3.57. The highest BCUT2D eigenvalue weighted by molar-refractivity contribution is 7.99. The molecule has 0 fully saturated rings. The Morgan fingerprint density at radius 1 is 1.20 bits per heavy atom. The molecule has 0 bridgehead atoms. The molecule has 0 spiro atoms.